The molecule has 0 fully saturated rings. The second-order valence-corrected chi connectivity index (χ2v) is 4.02. The Morgan fingerprint density at radius 2 is 1.94 bits per heavy atom. The minimum absolute atomic E-state index is 0.383. The van der Waals surface area contributed by atoms with Crippen LogP contribution in [0.1, 0.15) is 20.8 Å². The quantitative estimate of drug-likeness (QED) is 0.456. The highest BCUT2D eigenvalue weighted by Gasteiger charge is 2.37. The van der Waals surface area contributed by atoms with Crippen molar-refractivity contribution in [2.75, 3.05) is 7.05 Å². The molecule has 7 heteroatoms. The fourth-order valence-electron chi connectivity index (χ4n) is 1.32. The van der Waals surface area contributed by atoms with Gasteiger partial charge in [0.05, 0.1) is 6.10 Å². The topological polar surface area (TPSA) is 96.3 Å². The summed E-state index contributed by atoms with van der Waals surface area (Å²) in [5.41, 5.74) is -0.778. The lowest BCUT2D eigenvalue weighted by atomic mass is 10.1. The van der Waals surface area contributed by atoms with Crippen molar-refractivity contribution in [1.29, 1.82) is 0 Å². The number of hydrogen-bond donors (Lipinski definition) is 1. The monoisotopic (exact) mass is 254 g/mol. The van der Waals surface area contributed by atoms with Crippen molar-refractivity contribution in [3.63, 3.8) is 0 Å². The number of esters is 1. The second kappa shape index (κ2) is 4.99. The predicted octanol–water partition coefficient (Wildman–Crippen LogP) is 0.803. The van der Waals surface area contributed by atoms with Crippen molar-refractivity contribution >= 4 is 23.6 Å². The summed E-state index contributed by atoms with van der Waals surface area (Å²) >= 11 is 0. The first-order valence-corrected chi connectivity index (χ1v) is 5.27. The zero-order valence-corrected chi connectivity index (χ0v) is 10.6. The normalized spacial score (nSPS) is 16.9. The fraction of sp³-hybridized carbons (Fsp3) is 0.455. The van der Waals surface area contributed by atoms with E-state index < -0.39 is 35.5 Å². The summed E-state index contributed by atoms with van der Waals surface area (Å²) < 4.78 is 4.89. The molecule has 0 spiro atoms. The maximum atomic E-state index is 11.7. The number of urea groups is 1. The third kappa shape index (κ3) is 2.55. The van der Waals surface area contributed by atoms with Gasteiger partial charge in [-0.15, -0.1) is 0 Å². The molecule has 7 nitrogen and oxygen atoms in total. The SMILES string of the molecule is CC(O)=C(C(=O)OC(C)C)C1=NC(=O)N(C)C1=O. The first-order valence-electron chi connectivity index (χ1n) is 5.27. The van der Waals surface area contributed by atoms with Gasteiger partial charge < -0.3 is 9.84 Å². The molecule has 0 atom stereocenters. The lowest BCUT2D eigenvalue weighted by Gasteiger charge is -2.11. The molecule has 0 aromatic carbocycles. The van der Waals surface area contributed by atoms with E-state index in [0.717, 1.165) is 4.90 Å². The summed E-state index contributed by atoms with van der Waals surface area (Å²) in [4.78, 5) is 38.8. The second-order valence-electron chi connectivity index (χ2n) is 4.02. The average Bonchev–Trinajstić information content (AvgIpc) is 2.45. The lowest BCUT2D eigenvalue weighted by Crippen LogP contribution is -2.32. The Kier molecular flexibility index (Phi) is 3.85. The number of allylic oxidation sites excluding steroid dienone is 1. The van der Waals surface area contributed by atoms with Crippen molar-refractivity contribution in [3.05, 3.63) is 11.3 Å². The van der Waals surface area contributed by atoms with Gasteiger partial charge in [-0.25, -0.2) is 9.59 Å². The first kappa shape index (κ1) is 13.9. The van der Waals surface area contributed by atoms with Gasteiger partial charge in [0, 0.05) is 7.05 Å². The van der Waals surface area contributed by atoms with Crippen LogP contribution in [-0.4, -0.2) is 46.8 Å². The first-order chi connectivity index (χ1) is 8.25. The van der Waals surface area contributed by atoms with E-state index in [2.05, 4.69) is 4.99 Å². The molecule has 0 unspecified atom stereocenters. The van der Waals surface area contributed by atoms with E-state index in [1.165, 1.54) is 14.0 Å². The highest BCUT2D eigenvalue weighted by atomic mass is 16.5. The van der Waals surface area contributed by atoms with Gasteiger partial charge in [-0.2, -0.15) is 4.99 Å². The summed E-state index contributed by atoms with van der Waals surface area (Å²) in [6, 6.07) is -0.786. The van der Waals surface area contributed by atoms with Gasteiger partial charge in [0.15, 0.2) is 5.71 Å². The van der Waals surface area contributed by atoms with E-state index in [9.17, 15) is 19.5 Å². The molecule has 0 radical (unpaired) electrons. The fourth-order valence-corrected chi connectivity index (χ4v) is 1.32. The van der Waals surface area contributed by atoms with Gasteiger partial charge in [0.2, 0.25) is 0 Å². The molecule has 0 saturated heterocycles. The van der Waals surface area contributed by atoms with Gasteiger partial charge in [-0.1, -0.05) is 0 Å². The third-order valence-corrected chi connectivity index (χ3v) is 2.15. The van der Waals surface area contributed by atoms with E-state index in [-0.39, 0.29) is 5.57 Å². The number of aliphatic hydroxyl groups excluding tert-OH is 1. The summed E-state index contributed by atoms with van der Waals surface area (Å²) in [6.45, 7) is 4.46. The van der Waals surface area contributed by atoms with Gasteiger partial charge >= 0.3 is 12.0 Å². The van der Waals surface area contributed by atoms with Crippen LogP contribution in [0.25, 0.3) is 0 Å². The van der Waals surface area contributed by atoms with Crippen molar-refractivity contribution < 1.29 is 24.2 Å². The third-order valence-electron chi connectivity index (χ3n) is 2.15. The zero-order chi connectivity index (χ0) is 14.0. The van der Waals surface area contributed by atoms with Crippen LogP contribution in [0.3, 0.4) is 0 Å². The number of carbonyl (C=O) groups is 3. The van der Waals surface area contributed by atoms with Crippen LogP contribution >= 0.6 is 0 Å². The molecule has 1 heterocycles. The molecular formula is C11H14N2O5. The number of aliphatic hydroxyl groups is 1. The van der Waals surface area contributed by atoms with Gasteiger partial charge in [0.25, 0.3) is 5.91 Å². The molecule has 0 bridgehead atoms. The van der Waals surface area contributed by atoms with Crippen LogP contribution in [0.2, 0.25) is 0 Å². The Hall–Kier alpha value is -2.18. The number of aliphatic imine (C=N–C) groups is 1. The number of ether oxygens (including phenoxy) is 1. The molecule has 18 heavy (non-hydrogen) atoms. The number of imide groups is 1. The van der Waals surface area contributed by atoms with E-state index in [0.29, 0.717) is 0 Å². The standard InChI is InChI=1S/C11H14N2O5/c1-5(2)18-10(16)7(6(3)14)8-9(15)13(4)11(17)12-8/h5,14H,1-4H3. The number of carbonyl (C=O) groups excluding carboxylic acids is 3. The van der Waals surface area contributed by atoms with Crippen LogP contribution in [0.4, 0.5) is 4.79 Å². The molecule has 0 aromatic rings. The molecule has 98 valence electrons. The summed E-state index contributed by atoms with van der Waals surface area (Å²) in [5, 5.41) is 9.46. The Balaban J connectivity index is 3.15. The van der Waals surface area contributed by atoms with Crippen LogP contribution in [0, 0.1) is 0 Å². The molecule has 1 aliphatic heterocycles. The molecular weight excluding hydrogens is 240 g/mol. The van der Waals surface area contributed by atoms with E-state index in [4.69, 9.17) is 4.74 Å². The van der Waals surface area contributed by atoms with E-state index >= 15 is 0 Å². The maximum Gasteiger partial charge on any atom is 0.351 e. The average molecular weight is 254 g/mol. The molecule has 0 aromatic heterocycles. The molecule has 1 N–H and O–H groups in total. The van der Waals surface area contributed by atoms with Crippen LogP contribution < -0.4 is 0 Å². The van der Waals surface area contributed by atoms with Crippen molar-refractivity contribution in [2.45, 2.75) is 26.9 Å². The Morgan fingerprint density at radius 3 is 2.28 bits per heavy atom. The Labute approximate surface area is 104 Å². The van der Waals surface area contributed by atoms with E-state index in [1.54, 1.807) is 13.8 Å². The summed E-state index contributed by atoms with van der Waals surface area (Å²) in [6.07, 6.45) is -0.419. The highest BCUT2D eigenvalue weighted by Crippen LogP contribution is 2.15. The summed E-state index contributed by atoms with van der Waals surface area (Å²) in [7, 11) is 1.24. The van der Waals surface area contributed by atoms with Gasteiger partial charge in [-0.3, -0.25) is 9.69 Å². The number of hydrogen-bond acceptors (Lipinski definition) is 5. The largest absolute Gasteiger partial charge is 0.512 e. The van der Waals surface area contributed by atoms with Gasteiger partial charge in [-0.05, 0) is 20.8 Å². The van der Waals surface area contributed by atoms with Crippen molar-refractivity contribution in [3.8, 4) is 0 Å². The minimum atomic E-state index is -0.889. The van der Waals surface area contributed by atoms with E-state index in [1.807, 2.05) is 0 Å². The van der Waals surface area contributed by atoms with Crippen LogP contribution in [0.15, 0.2) is 16.3 Å². The molecule has 0 saturated carbocycles. The Bertz CT molecular complexity index is 472. The molecule has 1 aliphatic rings. The smallest absolute Gasteiger partial charge is 0.351 e. The van der Waals surface area contributed by atoms with Crippen LogP contribution in [0.5, 0.6) is 0 Å². The number of amides is 3. The maximum absolute atomic E-state index is 11.7. The Morgan fingerprint density at radius 1 is 1.39 bits per heavy atom. The summed E-state index contributed by atoms with van der Waals surface area (Å²) in [5.74, 6) is -2.06. The van der Waals surface area contributed by atoms with Crippen molar-refractivity contribution in [1.82, 2.24) is 4.90 Å². The van der Waals surface area contributed by atoms with Gasteiger partial charge in [0.1, 0.15) is 11.3 Å². The predicted molar refractivity (Wildman–Crippen MR) is 62.2 cm³/mol. The highest BCUT2D eigenvalue weighted by molar-refractivity contribution is 6.55. The lowest BCUT2D eigenvalue weighted by molar-refractivity contribution is -0.142. The zero-order valence-electron chi connectivity index (χ0n) is 10.6. The number of rotatable bonds is 3. The van der Waals surface area contributed by atoms with Crippen LogP contribution in [-0.2, 0) is 14.3 Å². The number of nitrogens with zero attached hydrogens (tertiary/aromatic N) is 2. The molecule has 0 aliphatic carbocycles. The van der Waals surface area contributed by atoms with Crippen molar-refractivity contribution in [2.24, 2.45) is 4.99 Å². The molecule has 1 rings (SSSR count). The molecule has 3 amide bonds. The minimum Gasteiger partial charge on any atom is -0.512 e.